The van der Waals surface area contributed by atoms with Gasteiger partial charge in [0, 0.05) is 26.3 Å². The number of methoxy groups -OCH3 is 2. The highest BCUT2D eigenvalue weighted by molar-refractivity contribution is 5.39. The molecule has 1 aromatic carbocycles. The third kappa shape index (κ3) is 3.71. The van der Waals surface area contributed by atoms with E-state index in [1.165, 1.54) is 30.4 Å². The van der Waals surface area contributed by atoms with E-state index in [1.54, 1.807) is 14.2 Å². The number of rotatable bonds is 6. The van der Waals surface area contributed by atoms with Gasteiger partial charge in [-0.05, 0) is 48.4 Å². The predicted octanol–water partition coefficient (Wildman–Crippen LogP) is 2.94. The van der Waals surface area contributed by atoms with E-state index in [-0.39, 0.29) is 0 Å². The topological polar surface area (TPSA) is 30.5 Å². The summed E-state index contributed by atoms with van der Waals surface area (Å²) < 4.78 is 10.5. The lowest BCUT2D eigenvalue weighted by atomic mass is 9.87. The maximum absolute atomic E-state index is 5.34. The zero-order chi connectivity index (χ0) is 13.7. The molecule has 0 heterocycles. The highest BCUT2D eigenvalue weighted by Crippen LogP contribution is 2.32. The van der Waals surface area contributed by atoms with Crippen LogP contribution in [-0.4, -0.2) is 27.4 Å². The molecule has 3 heteroatoms. The second kappa shape index (κ2) is 6.92. The van der Waals surface area contributed by atoms with Crippen molar-refractivity contribution in [2.75, 3.05) is 27.4 Å². The van der Waals surface area contributed by atoms with Gasteiger partial charge < -0.3 is 14.8 Å². The third-order valence-electron chi connectivity index (χ3n) is 3.83. The fraction of sp³-hybridized carbons (Fsp3) is 0.625. The van der Waals surface area contributed by atoms with Gasteiger partial charge in [-0.25, -0.2) is 0 Å². The average molecular weight is 263 g/mol. The van der Waals surface area contributed by atoms with E-state index in [0.717, 1.165) is 18.9 Å². The first kappa shape index (κ1) is 14.4. The zero-order valence-corrected chi connectivity index (χ0v) is 12.2. The number of aryl methyl sites for hydroxylation is 1. The third-order valence-corrected chi connectivity index (χ3v) is 3.83. The fourth-order valence-electron chi connectivity index (χ4n) is 2.80. The van der Waals surface area contributed by atoms with Crippen LogP contribution in [0, 0.1) is 5.92 Å². The molecule has 1 N–H and O–H groups in total. The maximum Gasteiger partial charge on any atom is 0.119 e. The molecule has 1 aliphatic rings. The Morgan fingerprint density at radius 3 is 2.95 bits per heavy atom. The number of nitrogens with one attached hydrogen (secondary N) is 1. The molecular formula is C16H25NO2. The summed E-state index contributed by atoms with van der Waals surface area (Å²) in [5.41, 5.74) is 2.87. The van der Waals surface area contributed by atoms with Crippen LogP contribution < -0.4 is 10.1 Å². The first-order valence-electron chi connectivity index (χ1n) is 7.13. The summed E-state index contributed by atoms with van der Waals surface area (Å²) in [6, 6.07) is 6.92. The Balaban J connectivity index is 2.04. The Hall–Kier alpha value is -1.06. The Bertz CT molecular complexity index is 406. The van der Waals surface area contributed by atoms with Gasteiger partial charge in [0.15, 0.2) is 0 Å². The van der Waals surface area contributed by atoms with Crippen LogP contribution in [0.5, 0.6) is 5.75 Å². The monoisotopic (exact) mass is 263 g/mol. The predicted molar refractivity (Wildman–Crippen MR) is 77.7 cm³/mol. The van der Waals surface area contributed by atoms with Crippen molar-refractivity contribution in [1.29, 1.82) is 0 Å². The molecule has 106 valence electrons. The summed E-state index contributed by atoms with van der Waals surface area (Å²) in [6.07, 6.45) is 3.65. The second-order valence-corrected chi connectivity index (χ2v) is 5.48. The van der Waals surface area contributed by atoms with Crippen LogP contribution in [0.25, 0.3) is 0 Å². The minimum absolute atomic E-state index is 0.457. The summed E-state index contributed by atoms with van der Waals surface area (Å²) in [4.78, 5) is 0. The van der Waals surface area contributed by atoms with E-state index in [4.69, 9.17) is 9.47 Å². The smallest absolute Gasteiger partial charge is 0.119 e. The quantitative estimate of drug-likeness (QED) is 0.856. The number of ether oxygens (including phenoxy) is 2. The molecule has 0 aliphatic heterocycles. The molecule has 3 nitrogen and oxygen atoms in total. The molecule has 0 fully saturated rings. The first-order valence-corrected chi connectivity index (χ1v) is 7.13. The summed E-state index contributed by atoms with van der Waals surface area (Å²) in [5, 5.41) is 3.68. The lowest BCUT2D eigenvalue weighted by molar-refractivity contribution is 0.156. The van der Waals surface area contributed by atoms with Crippen molar-refractivity contribution in [3.8, 4) is 5.75 Å². The van der Waals surface area contributed by atoms with E-state index in [9.17, 15) is 0 Å². The molecule has 0 saturated carbocycles. The van der Waals surface area contributed by atoms with Crippen LogP contribution >= 0.6 is 0 Å². The minimum atomic E-state index is 0.457. The summed E-state index contributed by atoms with van der Waals surface area (Å²) >= 11 is 0. The molecule has 2 atom stereocenters. The SMILES string of the molecule is COCC(C)CNC1CCCc2ccc(OC)cc21. The average Bonchev–Trinajstić information content (AvgIpc) is 2.44. The number of hydrogen-bond acceptors (Lipinski definition) is 3. The largest absolute Gasteiger partial charge is 0.497 e. The van der Waals surface area contributed by atoms with Gasteiger partial charge >= 0.3 is 0 Å². The van der Waals surface area contributed by atoms with Crippen molar-refractivity contribution >= 4 is 0 Å². The highest BCUT2D eigenvalue weighted by atomic mass is 16.5. The van der Waals surface area contributed by atoms with Gasteiger partial charge in [-0.15, -0.1) is 0 Å². The lowest BCUT2D eigenvalue weighted by Gasteiger charge is -2.28. The Labute approximate surface area is 116 Å². The van der Waals surface area contributed by atoms with Crippen LogP contribution in [0.2, 0.25) is 0 Å². The van der Waals surface area contributed by atoms with Crippen molar-refractivity contribution < 1.29 is 9.47 Å². The Morgan fingerprint density at radius 1 is 1.37 bits per heavy atom. The molecule has 0 aromatic heterocycles. The lowest BCUT2D eigenvalue weighted by Crippen LogP contribution is -2.30. The molecule has 0 saturated heterocycles. The van der Waals surface area contributed by atoms with E-state index in [0.29, 0.717) is 12.0 Å². The van der Waals surface area contributed by atoms with Crippen molar-refractivity contribution in [1.82, 2.24) is 5.32 Å². The van der Waals surface area contributed by atoms with Crippen LogP contribution in [0.3, 0.4) is 0 Å². The van der Waals surface area contributed by atoms with Gasteiger partial charge in [0.1, 0.15) is 5.75 Å². The summed E-state index contributed by atoms with van der Waals surface area (Å²) in [6.45, 7) is 4.02. The molecule has 0 bridgehead atoms. The fourth-order valence-corrected chi connectivity index (χ4v) is 2.80. The molecule has 0 radical (unpaired) electrons. The van der Waals surface area contributed by atoms with E-state index < -0.39 is 0 Å². The molecule has 2 unspecified atom stereocenters. The first-order chi connectivity index (χ1) is 9.24. The van der Waals surface area contributed by atoms with Crippen LogP contribution in [0.4, 0.5) is 0 Å². The van der Waals surface area contributed by atoms with Gasteiger partial charge in [-0.3, -0.25) is 0 Å². The molecule has 0 spiro atoms. The minimum Gasteiger partial charge on any atom is -0.497 e. The van der Waals surface area contributed by atoms with Crippen LogP contribution in [-0.2, 0) is 11.2 Å². The van der Waals surface area contributed by atoms with E-state index in [1.807, 2.05) is 0 Å². The molecule has 1 aliphatic carbocycles. The number of fused-ring (bicyclic) bond motifs is 1. The van der Waals surface area contributed by atoms with E-state index >= 15 is 0 Å². The molecule has 19 heavy (non-hydrogen) atoms. The van der Waals surface area contributed by atoms with Crippen molar-refractivity contribution in [2.45, 2.75) is 32.2 Å². The van der Waals surface area contributed by atoms with Gasteiger partial charge in [-0.1, -0.05) is 13.0 Å². The van der Waals surface area contributed by atoms with Gasteiger partial charge in [0.2, 0.25) is 0 Å². The maximum atomic E-state index is 5.34. The normalized spacial score (nSPS) is 19.8. The van der Waals surface area contributed by atoms with Crippen LogP contribution in [0.1, 0.15) is 36.9 Å². The van der Waals surface area contributed by atoms with Crippen molar-refractivity contribution in [3.63, 3.8) is 0 Å². The zero-order valence-electron chi connectivity index (χ0n) is 12.2. The number of benzene rings is 1. The van der Waals surface area contributed by atoms with Crippen LogP contribution in [0.15, 0.2) is 18.2 Å². The standard InChI is InChI=1S/C16H25NO2/c1-12(11-18-2)10-17-16-6-4-5-13-7-8-14(19-3)9-15(13)16/h7-9,12,16-17H,4-6,10-11H2,1-3H3. The van der Waals surface area contributed by atoms with Gasteiger partial charge in [0.25, 0.3) is 0 Å². The molecule has 0 amide bonds. The summed E-state index contributed by atoms with van der Waals surface area (Å²) in [5.74, 6) is 1.50. The number of hydrogen-bond donors (Lipinski definition) is 1. The van der Waals surface area contributed by atoms with Gasteiger partial charge in [0.05, 0.1) is 7.11 Å². The van der Waals surface area contributed by atoms with Gasteiger partial charge in [-0.2, -0.15) is 0 Å². The Kier molecular flexibility index (Phi) is 5.23. The van der Waals surface area contributed by atoms with Crippen molar-refractivity contribution in [2.24, 2.45) is 5.92 Å². The highest BCUT2D eigenvalue weighted by Gasteiger charge is 2.20. The second-order valence-electron chi connectivity index (χ2n) is 5.48. The molecule has 2 rings (SSSR count). The van der Waals surface area contributed by atoms with E-state index in [2.05, 4.69) is 30.4 Å². The molecular weight excluding hydrogens is 238 g/mol. The molecule has 1 aromatic rings. The van der Waals surface area contributed by atoms with Crippen molar-refractivity contribution in [3.05, 3.63) is 29.3 Å². The Morgan fingerprint density at radius 2 is 2.21 bits per heavy atom. The summed E-state index contributed by atoms with van der Waals surface area (Å²) in [7, 11) is 3.49.